The molecule has 1 aliphatic carbocycles. The van der Waals surface area contributed by atoms with E-state index < -0.39 is 5.97 Å². The summed E-state index contributed by atoms with van der Waals surface area (Å²) in [5.74, 6) is 0.658. The number of ether oxygens (including phenoxy) is 1. The summed E-state index contributed by atoms with van der Waals surface area (Å²) in [6, 6.07) is 8.00. The highest BCUT2D eigenvalue weighted by Crippen LogP contribution is 2.42. The van der Waals surface area contributed by atoms with Gasteiger partial charge in [-0.25, -0.2) is 0 Å². The third-order valence-corrected chi connectivity index (χ3v) is 3.14. The summed E-state index contributed by atoms with van der Waals surface area (Å²) < 4.78 is 5.15. The van der Waals surface area contributed by atoms with Crippen molar-refractivity contribution < 1.29 is 14.6 Å². The summed E-state index contributed by atoms with van der Waals surface area (Å²) in [5.41, 5.74) is 2.47. The van der Waals surface area contributed by atoms with Gasteiger partial charge in [0, 0.05) is 0 Å². The summed E-state index contributed by atoms with van der Waals surface area (Å²) in [7, 11) is 1.65. The normalized spacial score (nSPS) is 15.7. The third kappa shape index (κ3) is 3.98. The largest absolute Gasteiger partial charge is 0.497 e. The van der Waals surface area contributed by atoms with Gasteiger partial charge in [-0.2, -0.15) is 0 Å². The fourth-order valence-electron chi connectivity index (χ4n) is 1.99. The summed E-state index contributed by atoms with van der Waals surface area (Å²) in [5, 5.41) is 8.59. The predicted octanol–water partition coefficient (Wildman–Crippen LogP) is 3.52. The topological polar surface area (TPSA) is 46.5 Å². The number of rotatable bonds is 6. The first kappa shape index (κ1) is 13.4. The molecule has 0 unspecified atom stereocenters. The van der Waals surface area contributed by atoms with E-state index in [1.807, 2.05) is 36.4 Å². The van der Waals surface area contributed by atoms with Crippen LogP contribution in [0.3, 0.4) is 0 Å². The monoisotopic (exact) mass is 258 g/mol. The lowest BCUT2D eigenvalue weighted by Gasteiger charge is -2.06. The average Bonchev–Trinajstić information content (AvgIpc) is 3.23. The number of carboxylic acid groups (broad SMARTS) is 1. The molecule has 0 atom stereocenters. The van der Waals surface area contributed by atoms with Gasteiger partial charge in [-0.15, -0.1) is 0 Å². The van der Waals surface area contributed by atoms with Gasteiger partial charge in [0.25, 0.3) is 0 Å². The third-order valence-electron chi connectivity index (χ3n) is 3.14. The Balaban J connectivity index is 2.12. The van der Waals surface area contributed by atoms with E-state index in [9.17, 15) is 4.79 Å². The van der Waals surface area contributed by atoms with Crippen molar-refractivity contribution in [3.05, 3.63) is 48.1 Å². The maximum atomic E-state index is 10.4. The molecule has 0 amide bonds. The van der Waals surface area contributed by atoms with Gasteiger partial charge in [0.2, 0.25) is 0 Å². The molecule has 0 spiro atoms. The molecule has 3 heteroatoms. The van der Waals surface area contributed by atoms with Crippen LogP contribution in [0.2, 0.25) is 0 Å². The molecule has 0 radical (unpaired) electrons. The Morgan fingerprint density at radius 2 is 2.05 bits per heavy atom. The van der Waals surface area contributed by atoms with E-state index in [-0.39, 0.29) is 6.42 Å². The smallest absolute Gasteiger partial charge is 0.307 e. The molecular weight excluding hydrogens is 240 g/mol. The number of carboxylic acids is 1. The minimum absolute atomic E-state index is 0.0665. The van der Waals surface area contributed by atoms with Crippen LogP contribution in [0.15, 0.2) is 42.5 Å². The van der Waals surface area contributed by atoms with E-state index in [0.717, 1.165) is 5.75 Å². The van der Waals surface area contributed by atoms with Crippen molar-refractivity contribution in [3.8, 4) is 5.75 Å². The summed E-state index contributed by atoms with van der Waals surface area (Å²) in [4.78, 5) is 10.4. The van der Waals surface area contributed by atoms with Crippen molar-refractivity contribution in [1.82, 2.24) is 0 Å². The second-order valence-electron chi connectivity index (χ2n) is 4.65. The van der Waals surface area contributed by atoms with E-state index in [1.54, 1.807) is 13.2 Å². The first-order valence-electron chi connectivity index (χ1n) is 6.43. The fraction of sp³-hybridized carbons (Fsp3) is 0.312. The van der Waals surface area contributed by atoms with E-state index in [2.05, 4.69) is 0 Å². The Morgan fingerprint density at radius 3 is 2.58 bits per heavy atom. The lowest BCUT2D eigenvalue weighted by Crippen LogP contribution is -1.90. The maximum Gasteiger partial charge on any atom is 0.307 e. The summed E-state index contributed by atoms with van der Waals surface area (Å²) in [6.07, 6.45) is 8.04. The van der Waals surface area contributed by atoms with Crippen molar-refractivity contribution in [1.29, 1.82) is 0 Å². The van der Waals surface area contributed by atoms with Crippen LogP contribution in [0, 0.1) is 5.92 Å². The second-order valence-corrected chi connectivity index (χ2v) is 4.65. The summed E-state index contributed by atoms with van der Waals surface area (Å²) in [6.45, 7) is 0. The number of hydrogen-bond acceptors (Lipinski definition) is 2. The highest BCUT2D eigenvalue weighted by molar-refractivity contribution is 5.72. The zero-order chi connectivity index (χ0) is 13.7. The molecule has 1 fully saturated rings. The van der Waals surface area contributed by atoms with Crippen LogP contribution in [-0.2, 0) is 4.79 Å². The van der Waals surface area contributed by atoms with Crippen molar-refractivity contribution in [2.75, 3.05) is 7.11 Å². The number of hydrogen-bond donors (Lipinski definition) is 1. The highest BCUT2D eigenvalue weighted by Gasteiger charge is 2.26. The first-order chi connectivity index (χ1) is 9.20. The van der Waals surface area contributed by atoms with Gasteiger partial charge in [0.05, 0.1) is 13.5 Å². The van der Waals surface area contributed by atoms with Gasteiger partial charge in [-0.1, -0.05) is 30.4 Å². The summed E-state index contributed by atoms with van der Waals surface area (Å²) >= 11 is 0. The molecule has 0 bridgehead atoms. The predicted molar refractivity (Wildman–Crippen MR) is 75.1 cm³/mol. The van der Waals surface area contributed by atoms with Crippen LogP contribution in [-0.4, -0.2) is 18.2 Å². The van der Waals surface area contributed by atoms with Crippen LogP contribution < -0.4 is 4.74 Å². The molecule has 0 saturated heterocycles. The van der Waals surface area contributed by atoms with Crippen molar-refractivity contribution >= 4 is 11.5 Å². The van der Waals surface area contributed by atoms with Gasteiger partial charge >= 0.3 is 5.97 Å². The standard InChI is InChI=1S/C16H18O3/c1-19-14-10-8-13(9-11-14)15(12-6-7-12)4-2-3-5-16(17)18/h2-4,8-12H,5-7H2,1H3,(H,17,18)/b3-2+,15-4+. The quantitative estimate of drug-likeness (QED) is 0.794. The Morgan fingerprint density at radius 1 is 1.37 bits per heavy atom. The Labute approximate surface area is 113 Å². The van der Waals surface area contributed by atoms with Crippen molar-refractivity contribution in [2.24, 2.45) is 5.92 Å². The molecule has 1 aromatic carbocycles. The second kappa shape index (κ2) is 6.23. The van der Waals surface area contributed by atoms with Crippen LogP contribution in [0.1, 0.15) is 24.8 Å². The number of carbonyl (C=O) groups is 1. The van der Waals surface area contributed by atoms with Crippen LogP contribution >= 0.6 is 0 Å². The number of allylic oxidation sites excluding steroid dienone is 3. The van der Waals surface area contributed by atoms with Gasteiger partial charge in [0.15, 0.2) is 0 Å². The maximum absolute atomic E-state index is 10.4. The lowest BCUT2D eigenvalue weighted by atomic mass is 10.0. The van der Waals surface area contributed by atoms with E-state index in [0.29, 0.717) is 5.92 Å². The van der Waals surface area contributed by atoms with E-state index >= 15 is 0 Å². The average molecular weight is 258 g/mol. The minimum Gasteiger partial charge on any atom is -0.497 e. The number of aliphatic carboxylic acids is 1. The number of benzene rings is 1. The Bertz CT molecular complexity index is 493. The van der Waals surface area contributed by atoms with Crippen molar-refractivity contribution in [2.45, 2.75) is 19.3 Å². The van der Waals surface area contributed by atoms with Gasteiger partial charge in [-0.05, 0) is 42.0 Å². The highest BCUT2D eigenvalue weighted by atomic mass is 16.5. The number of methoxy groups -OCH3 is 1. The molecule has 0 heterocycles. The molecule has 19 heavy (non-hydrogen) atoms. The molecule has 1 saturated carbocycles. The molecule has 0 aromatic heterocycles. The van der Waals surface area contributed by atoms with Gasteiger partial charge < -0.3 is 9.84 Å². The molecule has 1 aliphatic rings. The Hall–Kier alpha value is -2.03. The zero-order valence-electron chi connectivity index (χ0n) is 11.0. The van der Waals surface area contributed by atoms with Crippen molar-refractivity contribution in [3.63, 3.8) is 0 Å². The molecule has 0 aliphatic heterocycles. The SMILES string of the molecule is COc1ccc(/C(=C/C=C/CC(=O)O)C2CC2)cc1. The first-order valence-corrected chi connectivity index (χ1v) is 6.43. The van der Waals surface area contributed by atoms with Crippen LogP contribution in [0.4, 0.5) is 0 Å². The molecule has 1 N–H and O–H groups in total. The molecule has 100 valence electrons. The molecule has 2 rings (SSSR count). The Kier molecular flexibility index (Phi) is 4.39. The molecular formula is C16H18O3. The lowest BCUT2D eigenvalue weighted by molar-refractivity contribution is -0.136. The zero-order valence-corrected chi connectivity index (χ0v) is 11.0. The molecule has 3 nitrogen and oxygen atoms in total. The van der Waals surface area contributed by atoms with Crippen LogP contribution in [0.25, 0.3) is 5.57 Å². The fourth-order valence-corrected chi connectivity index (χ4v) is 1.99. The van der Waals surface area contributed by atoms with Crippen LogP contribution in [0.5, 0.6) is 5.75 Å². The van der Waals surface area contributed by atoms with Gasteiger partial charge in [-0.3, -0.25) is 4.79 Å². The van der Waals surface area contributed by atoms with E-state index in [4.69, 9.17) is 9.84 Å². The van der Waals surface area contributed by atoms with E-state index in [1.165, 1.54) is 24.0 Å². The van der Waals surface area contributed by atoms with Gasteiger partial charge in [0.1, 0.15) is 5.75 Å². The minimum atomic E-state index is -0.804. The molecule has 1 aromatic rings.